The molecule has 0 radical (unpaired) electrons. The monoisotopic (exact) mass is 401 g/mol. The Bertz CT molecular complexity index is 948. The summed E-state index contributed by atoms with van der Waals surface area (Å²) in [4.78, 5) is 39.1. The zero-order valence-electron chi connectivity index (χ0n) is 15.7. The van der Waals surface area contributed by atoms with Gasteiger partial charge in [0.15, 0.2) is 11.4 Å². The second-order valence-corrected chi connectivity index (χ2v) is 8.04. The SMILES string of the molecule is CC(C)(C)OC(=O)N1C(=O)[C@@](O)(CC(=O)c2ccc(Cl)cc2)c2ccccc21. The van der Waals surface area contributed by atoms with Gasteiger partial charge in [-0.25, -0.2) is 9.69 Å². The molecule has 146 valence electrons. The van der Waals surface area contributed by atoms with E-state index >= 15 is 0 Å². The summed E-state index contributed by atoms with van der Waals surface area (Å²) in [5, 5.41) is 11.6. The Morgan fingerprint density at radius 1 is 1.11 bits per heavy atom. The number of benzene rings is 2. The lowest BCUT2D eigenvalue weighted by molar-refractivity contribution is -0.135. The van der Waals surface area contributed by atoms with Crippen molar-refractivity contribution in [3.05, 3.63) is 64.7 Å². The van der Waals surface area contributed by atoms with Gasteiger partial charge in [-0.3, -0.25) is 9.59 Å². The Balaban J connectivity index is 1.97. The van der Waals surface area contributed by atoms with E-state index in [0.29, 0.717) is 10.6 Å². The predicted molar refractivity (Wildman–Crippen MR) is 104 cm³/mol. The fourth-order valence-electron chi connectivity index (χ4n) is 3.06. The Kier molecular flexibility index (Phi) is 5.04. The summed E-state index contributed by atoms with van der Waals surface area (Å²) in [6.07, 6.45) is -1.41. The quantitative estimate of drug-likeness (QED) is 0.783. The normalized spacial score (nSPS) is 18.8. The molecule has 2 aromatic rings. The summed E-state index contributed by atoms with van der Waals surface area (Å²) >= 11 is 5.84. The molecular weight excluding hydrogens is 382 g/mol. The van der Waals surface area contributed by atoms with Crippen molar-refractivity contribution in [2.45, 2.75) is 38.4 Å². The molecule has 28 heavy (non-hydrogen) atoms. The van der Waals surface area contributed by atoms with Crippen LogP contribution >= 0.6 is 11.6 Å². The number of aliphatic hydroxyl groups is 1. The number of anilines is 1. The highest BCUT2D eigenvalue weighted by Crippen LogP contribution is 2.43. The molecule has 2 amide bonds. The van der Waals surface area contributed by atoms with Crippen LogP contribution in [0.15, 0.2) is 48.5 Å². The summed E-state index contributed by atoms with van der Waals surface area (Å²) in [6, 6.07) is 12.5. The third-order valence-corrected chi connectivity index (χ3v) is 4.56. The molecule has 0 bridgehead atoms. The Morgan fingerprint density at radius 3 is 2.32 bits per heavy atom. The van der Waals surface area contributed by atoms with Gasteiger partial charge in [-0.05, 0) is 51.1 Å². The molecule has 0 unspecified atom stereocenters. The third-order valence-electron chi connectivity index (χ3n) is 4.31. The smallest absolute Gasteiger partial charge is 0.421 e. The van der Waals surface area contributed by atoms with Crippen molar-refractivity contribution in [3.63, 3.8) is 0 Å². The summed E-state index contributed by atoms with van der Waals surface area (Å²) in [5.74, 6) is -1.36. The van der Waals surface area contributed by atoms with Crippen LogP contribution in [0.2, 0.25) is 5.02 Å². The molecule has 0 aromatic heterocycles. The molecule has 1 aliphatic rings. The van der Waals surface area contributed by atoms with Gasteiger partial charge in [0.1, 0.15) is 5.60 Å². The van der Waals surface area contributed by atoms with E-state index in [4.69, 9.17) is 16.3 Å². The number of carbonyl (C=O) groups excluding carboxylic acids is 3. The first-order valence-corrected chi connectivity index (χ1v) is 9.09. The highest BCUT2D eigenvalue weighted by molar-refractivity contribution is 6.30. The molecule has 0 spiro atoms. The fourth-order valence-corrected chi connectivity index (χ4v) is 3.18. The van der Waals surface area contributed by atoms with E-state index in [1.165, 1.54) is 24.3 Å². The highest BCUT2D eigenvalue weighted by Gasteiger charge is 2.53. The maximum absolute atomic E-state index is 13.0. The van der Waals surface area contributed by atoms with Crippen LogP contribution in [0, 0.1) is 0 Å². The lowest BCUT2D eigenvalue weighted by Crippen LogP contribution is -2.46. The maximum Gasteiger partial charge on any atom is 0.421 e. The molecular formula is C21H20ClNO5. The standard InChI is InChI=1S/C21H20ClNO5/c1-20(2,3)28-19(26)23-16-7-5-4-6-15(16)21(27,18(23)25)12-17(24)13-8-10-14(22)11-9-13/h4-11,27H,12H2,1-3H3/t21-/m1/s1. The van der Waals surface area contributed by atoms with E-state index in [1.54, 1.807) is 45.0 Å². The van der Waals surface area contributed by atoms with Gasteiger partial charge in [-0.1, -0.05) is 29.8 Å². The summed E-state index contributed by atoms with van der Waals surface area (Å²) < 4.78 is 5.30. The van der Waals surface area contributed by atoms with Crippen LogP contribution in [0.1, 0.15) is 43.1 Å². The van der Waals surface area contributed by atoms with Gasteiger partial charge >= 0.3 is 6.09 Å². The molecule has 7 heteroatoms. The van der Waals surface area contributed by atoms with Gasteiger partial charge < -0.3 is 9.84 Å². The minimum atomic E-state index is -2.16. The van der Waals surface area contributed by atoms with E-state index in [0.717, 1.165) is 4.90 Å². The average Bonchev–Trinajstić information content (AvgIpc) is 2.82. The zero-order chi connectivity index (χ0) is 20.7. The molecule has 1 atom stereocenters. The van der Waals surface area contributed by atoms with Crippen molar-refractivity contribution in [2.75, 3.05) is 4.90 Å². The maximum atomic E-state index is 13.0. The largest absolute Gasteiger partial charge is 0.443 e. The van der Waals surface area contributed by atoms with Crippen LogP contribution in [0.25, 0.3) is 0 Å². The first-order chi connectivity index (χ1) is 13.0. The average molecular weight is 402 g/mol. The topological polar surface area (TPSA) is 83.9 Å². The van der Waals surface area contributed by atoms with Crippen LogP contribution in [-0.4, -0.2) is 28.5 Å². The number of nitrogens with zero attached hydrogens (tertiary/aromatic N) is 1. The van der Waals surface area contributed by atoms with Gasteiger partial charge in [-0.2, -0.15) is 0 Å². The molecule has 2 aromatic carbocycles. The van der Waals surface area contributed by atoms with Crippen molar-refractivity contribution in [3.8, 4) is 0 Å². The lowest BCUT2D eigenvalue weighted by Gasteiger charge is -2.25. The lowest BCUT2D eigenvalue weighted by atomic mass is 9.88. The number of Topliss-reactive ketones (excluding diaryl/α,β-unsaturated/α-hetero) is 1. The van der Waals surface area contributed by atoms with Gasteiger partial charge in [0.05, 0.1) is 12.1 Å². The Labute approximate surface area is 167 Å². The number of carbonyl (C=O) groups is 3. The van der Waals surface area contributed by atoms with Gasteiger partial charge in [0, 0.05) is 16.1 Å². The van der Waals surface area contributed by atoms with Crippen LogP contribution in [0.4, 0.5) is 10.5 Å². The van der Waals surface area contributed by atoms with Crippen molar-refractivity contribution in [1.82, 2.24) is 0 Å². The summed E-state index contributed by atoms with van der Waals surface area (Å²) in [6.45, 7) is 5.02. The van der Waals surface area contributed by atoms with Crippen LogP contribution in [0.5, 0.6) is 0 Å². The molecule has 1 heterocycles. The molecule has 0 saturated heterocycles. The third kappa shape index (κ3) is 3.66. The Hall–Kier alpha value is -2.70. The number of fused-ring (bicyclic) bond motifs is 1. The number of imide groups is 1. The summed E-state index contributed by atoms with van der Waals surface area (Å²) in [7, 11) is 0. The van der Waals surface area contributed by atoms with Gasteiger partial charge in [0.2, 0.25) is 0 Å². The van der Waals surface area contributed by atoms with Crippen molar-refractivity contribution >= 4 is 35.1 Å². The van der Waals surface area contributed by atoms with Gasteiger partial charge in [0.25, 0.3) is 5.91 Å². The van der Waals surface area contributed by atoms with E-state index in [2.05, 4.69) is 0 Å². The number of amides is 2. The molecule has 1 N–H and O–H groups in total. The molecule has 0 saturated carbocycles. The first kappa shape index (κ1) is 20.0. The highest BCUT2D eigenvalue weighted by atomic mass is 35.5. The van der Waals surface area contributed by atoms with Crippen LogP contribution < -0.4 is 4.90 Å². The van der Waals surface area contributed by atoms with Crippen molar-refractivity contribution in [1.29, 1.82) is 0 Å². The van der Waals surface area contributed by atoms with E-state index in [1.807, 2.05) is 0 Å². The molecule has 1 aliphatic heterocycles. The predicted octanol–water partition coefficient (Wildman–Crippen LogP) is 4.08. The molecule has 0 fully saturated rings. The number of hydrogen-bond acceptors (Lipinski definition) is 5. The first-order valence-electron chi connectivity index (χ1n) is 8.71. The minimum absolute atomic E-state index is 0.188. The van der Waals surface area contributed by atoms with Crippen LogP contribution in [-0.2, 0) is 15.1 Å². The zero-order valence-corrected chi connectivity index (χ0v) is 16.5. The van der Waals surface area contributed by atoms with Crippen LogP contribution in [0.3, 0.4) is 0 Å². The number of para-hydroxylation sites is 1. The number of halogens is 1. The number of ketones is 1. The van der Waals surface area contributed by atoms with E-state index < -0.39 is 35.4 Å². The van der Waals surface area contributed by atoms with Crippen molar-refractivity contribution < 1.29 is 24.2 Å². The second-order valence-electron chi connectivity index (χ2n) is 7.61. The minimum Gasteiger partial charge on any atom is -0.443 e. The number of rotatable bonds is 3. The molecule has 0 aliphatic carbocycles. The summed E-state index contributed by atoms with van der Waals surface area (Å²) in [5.41, 5.74) is -2.30. The second kappa shape index (κ2) is 7.04. The van der Waals surface area contributed by atoms with Crippen molar-refractivity contribution in [2.24, 2.45) is 0 Å². The number of hydrogen-bond donors (Lipinski definition) is 1. The van der Waals surface area contributed by atoms with E-state index in [-0.39, 0.29) is 11.3 Å². The fraction of sp³-hybridized carbons (Fsp3) is 0.286. The van der Waals surface area contributed by atoms with E-state index in [9.17, 15) is 19.5 Å². The number of ether oxygens (including phenoxy) is 1. The molecule has 3 rings (SSSR count). The molecule has 6 nitrogen and oxygen atoms in total. The Morgan fingerprint density at radius 2 is 1.71 bits per heavy atom. The van der Waals surface area contributed by atoms with Gasteiger partial charge in [-0.15, -0.1) is 0 Å².